The van der Waals surface area contributed by atoms with Gasteiger partial charge in [-0.1, -0.05) is 0 Å². The number of nitrogens with one attached hydrogen (secondary N) is 1. The highest BCUT2D eigenvalue weighted by Crippen LogP contribution is 2.08. The van der Waals surface area contributed by atoms with Gasteiger partial charge in [0.05, 0.1) is 5.01 Å². The minimum atomic E-state index is -1.15. The second-order valence-corrected chi connectivity index (χ2v) is 4.09. The van der Waals surface area contributed by atoms with Crippen LogP contribution < -0.4 is 5.32 Å². The number of rotatable bonds is 4. The van der Waals surface area contributed by atoms with E-state index in [2.05, 4.69) is 16.2 Å². The van der Waals surface area contributed by atoms with E-state index in [-0.39, 0.29) is 12.1 Å². The predicted molar refractivity (Wildman–Crippen MR) is 59.2 cm³/mol. The largest absolute Gasteiger partial charge is 0.480 e. The molecule has 2 N–H and O–H groups in total. The number of carbonyl (C=O) groups excluding carboxylic acids is 1. The van der Waals surface area contributed by atoms with Crippen LogP contribution in [0.1, 0.15) is 21.9 Å². The van der Waals surface area contributed by atoms with Gasteiger partial charge in [0.1, 0.15) is 11.7 Å². The van der Waals surface area contributed by atoms with Crippen LogP contribution in [0.25, 0.3) is 0 Å². The second kappa shape index (κ2) is 5.28. The minimum absolute atomic E-state index is 0.0514. The third-order valence-electron chi connectivity index (χ3n) is 1.78. The van der Waals surface area contributed by atoms with E-state index < -0.39 is 17.9 Å². The quantitative estimate of drug-likeness (QED) is 0.755. The van der Waals surface area contributed by atoms with Crippen molar-refractivity contribution in [1.29, 1.82) is 0 Å². The van der Waals surface area contributed by atoms with Gasteiger partial charge in [-0.3, -0.25) is 4.79 Å². The van der Waals surface area contributed by atoms with Crippen molar-refractivity contribution in [3.05, 3.63) is 16.1 Å². The molecule has 1 rings (SSSR count). The fourth-order valence-corrected chi connectivity index (χ4v) is 1.61. The molecule has 0 aliphatic rings. The Kier molecular flexibility index (Phi) is 4.03. The van der Waals surface area contributed by atoms with Crippen molar-refractivity contribution in [3.63, 3.8) is 0 Å². The van der Waals surface area contributed by atoms with Gasteiger partial charge in [-0.25, -0.2) is 9.78 Å². The molecule has 0 aromatic carbocycles. The lowest BCUT2D eigenvalue weighted by molar-refractivity contribution is -0.139. The van der Waals surface area contributed by atoms with Gasteiger partial charge in [-0.15, -0.1) is 23.7 Å². The maximum absolute atomic E-state index is 11.5. The first-order chi connectivity index (χ1) is 7.54. The molecular formula is C10H10N2O3S. The van der Waals surface area contributed by atoms with Crippen molar-refractivity contribution in [1.82, 2.24) is 10.3 Å². The Morgan fingerprint density at radius 1 is 1.75 bits per heavy atom. The van der Waals surface area contributed by atoms with E-state index in [0.29, 0.717) is 0 Å². The van der Waals surface area contributed by atoms with Crippen molar-refractivity contribution in [3.8, 4) is 12.3 Å². The lowest BCUT2D eigenvalue weighted by atomic mass is 10.2. The fourth-order valence-electron chi connectivity index (χ4n) is 1.02. The number of nitrogens with zero attached hydrogens (tertiary/aromatic N) is 1. The van der Waals surface area contributed by atoms with E-state index in [0.717, 1.165) is 5.01 Å². The van der Waals surface area contributed by atoms with Crippen molar-refractivity contribution in [2.75, 3.05) is 0 Å². The summed E-state index contributed by atoms with van der Waals surface area (Å²) in [5.41, 5.74) is 0.214. The highest BCUT2D eigenvalue weighted by atomic mass is 32.1. The molecule has 0 saturated carbocycles. The zero-order chi connectivity index (χ0) is 12.1. The molecule has 0 radical (unpaired) electrons. The van der Waals surface area contributed by atoms with Gasteiger partial charge < -0.3 is 10.4 Å². The van der Waals surface area contributed by atoms with Crippen LogP contribution in [0.15, 0.2) is 5.38 Å². The molecule has 1 aromatic rings. The van der Waals surface area contributed by atoms with E-state index in [1.54, 1.807) is 12.3 Å². The van der Waals surface area contributed by atoms with Crippen molar-refractivity contribution in [2.45, 2.75) is 19.4 Å². The van der Waals surface area contributed by atoms with Crippen LogP contribution in [0.3, 0.4) is 0 Å². The average Bonchev–Trinajstić information content (AvgIpc) is 2.64. The molecule has 1 heterocycles. The Bertz CT molecular complexity index is 447. The monoisotopic (exact) mass is 238 g/mol. The van der Waals surface area contributed by atoms with Crippen LogP contribution in [0.2, 0.25) is 0 Å². The number of hydrogen-bond donors (Lipinski definition) is 2. The highest BCUT2D eigenvalue weighted by molar-refractivity contribution is 7.09. The number of aliphatic carboxylic acids is 1. The third-order valence-corrected chi connectivity index (χ3v) is 2.55. The van der Waals surface area contributed by atoms with E-state index in [9.17, 15) is 9.59 Å². The van der Waals surface area contributed by atoms with Gasteiger partial charge in [0, 0.05) is 11.8 Å². The summed E-state index contributed by atoms with van der Waals surface area (Å²) in [6.07, 6.45) is 4.96. The van der Waals surface area contributed by atoms with Crippen LogP contribution in [0, 0.1) is 19.3 Å². The number of amides is 1. The Hall–Kier alpha value is -1.87. The number of carbonyl (C=O) groups is 2. The molecule has 0 bridgehead atoms. The Morgan fingerprint density at radius 3 is 2.88 bits per heavy atom. The van der Waals surface area contributed by atoms with Gasteiger partial charge in [0.2, 0.25) is 0 Å². The number of hydrogen-bond acceptors (Lipinski definition) is 4. The molecule has 0 saturated heterocycles. The summed E-state index contributed by atoms with van der Waals surface area (Å²) in [7, 11) is 0. The molecule has 1 unspecified atom stereocenters. The van der Waals surface area contributed by atoms with Crippen molar-refractivity contribution >= 4 is 23.2 Å². The standard InChI is InChI=1S/C10H10N2O3S/c1-3-4-7(10(14)15)12-9(13)8-5-16-6(2)11-8/h1,5,7H,4H2,2H3,(H,12,13)(H,14,15). The van der Waals surface area contributed by atoms with Gasteiger partial charge in [0.15, 0.2) is 0 Å². The molecule has 0 spiro atoms. The average molecular weight is 238 g/mol. The normalized spacial score (nSPS) is 11.5. The Labute approximate surface area is 96.5 Å². The maximum Gasteiger partial charge on any atom is 0.327 e. The van der Waals surface area contributed by atoms with Gasteiger partial charge in [-0.2, -0.15) is 0 Å². The summed E-state index contributed by atoms with van der Waals surface area (Å²) in [6, 6.07) is -1.07. The van der Waals surface area contributed by atoms with E-state index in [1.165, 1.54) is 11.3 Å². The predicted octanol–water partition coefficient (Wildman–Crippen LogP) is 0.658. The Balaban J connectivity index is 2.69. The highest BCUT2D eigenvalue weighted by Gasteiger charge is 2.20. The van der Waals surface area contributed by atoms with Gasteiger partial charge in [0.25, 0.3) is 5.91 Å². The fraction of sp³-hybridized carbons (Fsp3) is 0.300. The molecule has 6 heteroatoms. The van der Waals surface area contributed by atoms with E-state index >= 15 is 0 Å². The molecular weight excluding hydrogens is 228 g/mol. The number of carboxylic acids is 1. The van der Waals surface area contributed by atoms with Crippen LogP contribution in [0.5, 0.6) is 0 Å². The molecule has 0 aliphatic carbocycles. The summed E-state index contributed by atoms with van der Waals surface area (Å²) < 4.78 is 0. The molecule has 1 amide bonds. The topological polar surface area (TPSA) is 79.3 Å². The van der Waals surface area contributed by atoms with Crippen molar-refractivity contribution in [2.24, 2.45) is 0 Å². The molecule has 1 aromatic heterocycles. The van der Waals surface area contributed by atoms with Crippen LogP contribution >= 0.6 is 11.3 Å². The summed E-state index contributed by atoms with van der Waals surface area (Å²) in [4.78, 5) is 26.2. The summed E-state index contributed by atoms with van der Waals surface area (Å²) >= 11 is 1.32. The molecule has 0 aliphatic heterocycles. The molecule has 5 nitrogen and oxygen atoms in total. The first-order valence-corrected chi connectivity index (χ1v) is 5.32. The van der Waals surface area contributed by atoms with Crippen LogP contribution in [-0.4, -0.2) is 28.0 Å². The number of aryl methyl sites for hydroxylation is 1. The number of terminal acetylenes is 1. The summed E-state index contributed by atoms with van der Waals surface area (Å²) in [5, 5.41) is 13.4. The number of aromatic nitrogens is 1. The lowest BCUT2D eigenvalue weighted by Crippen LogP contribution is -2.40. The first kappa shape index (κ1) is 12.2. The smallest absolute Gasteiger partial charge is 0.327 e. The second-order valence-electron chi connectivity index (χ2n) is 3.02. The molecule has 0 fully saturated rings. The van der Waals surface area contributed by atoms with E-state index in [4.69, 9.17) is 11.5 Å². The zero-order valence-corrected chi connectivity index (χ0v) is 9.37. The van der Waals surface area contributed by atoms with Crippen LogP contribution in [-0.2, 0) is 4.79 Å². The Morgan fingerprint density at radius 2 is 2.44 bits per heavy atom. The third kappa shape index (κ3) is 3.07. The molecule has 1 atom stereocenters. The first-order valence-electron chi connectivity index (χ1n) is 4.44. The van der Waals surface area contributed by atoms with E-state index in [1.807, 2.05) is 0 Å². The zero-order valence-electron chi connectivity index (χ0n) is 8.56. The maximum atomic E-state index is 11.5. The minimum Gasteiger partial charge on any atom is -0.480 e. The number of carboxylic acid groups (broad SMARTS) is 1. The summed E-state index contributed by atoms with van der Waals surface area (Å²) in [6.45, 7) is 1.76. The lowest BCUT2D eigenvalue weighted by Gasteiger charge is -2.10. The SMILES string of the molecule is C#CCC(NC(=O)c1csc(C)n1)C(=O)O. The summed E-state index contributed by atoms with van der Waals surface area (Å²) in [5.74, 6) is 0.522. The molecule has 16 heavy (non-hydrogen) atoms. The van der Waals surface area contributed by atoms with Crippen molar-refractivity contribution < 1.29 is 14.7 Å². The molecule has 84 valence electrons. The number of thiazole rings is 1. The van der Waals surface area contributed by atoms with Crippen LogP contribution in [0.4, 0.5) is 0 Å². The van der Waals surface area contributed by atoms with Gasteiger partial charge in [-0.05, 0) is 6.92 Å². The van der Waals surface area contributed by atoms with Gasteiger partial charge >= 0.3 is 5.97 Å².